The highest BCUT2D eigenvalue weighted by atomic mass is 19.1. The van der Waals surface area contributed by atoms with Crippen LogP contribution in [0.25, 0.3) is 0 Å². The number of unbranched alkanes of at least 4 members (excludes halogenated alkanes) is 1. The zero-order valence-corrected chi connectivity index (χ0v) is 10.7. The molecule has 1 saturated carbocycles. The van der Waals surface area contributed by atoms with Gasteiger partial charge in [-0.2, -0.15) is 0 Å². The molecule has 0 unspecified atom stereocenters. The van der Waals surface area contributed by atoms with E-state index in [1.54, 1.807) is 6.92 Å². The zero-order valence-electron chi connectivity index (χ0n) is 10.7. The van der Waals surface area contributed by atoms with Crippen LogP contribution in [0.15, 0.2) is 0 Å². The van der Waals surface area contributed by atoms with E-state index in [-0.39, 0.29) is 0 Å². The van der Waals surface area contributed by atoms with E-state index in [9.17, 15) is 4.39 Å². The minimum Gasteiger partial charge on any atom is -0.244 e. The molecule has 0 aromatic heterocycles. The molecule has 1 aliphatic carbocycles. The third kappa shape index (κ3) is 5.53. The molecule has 15 heavy (non-hydrogen) atoms. The lowest BCUT2D eigenvalue weighted by Gasteiger charge is -2.31. The van der Waals surface area contributed by atoms with E-state index in [0.29, 0.717) is 0 Å². The summed E-state index contributed by atoms with van der Waals surface area (Å²) in [6.45, 7) is 6.34. The van der Waals surface area contributed by atoms with Crippen LogP contribution in [-0.2, 0) is 0 Å². The molecule has 0 aromatic carbocycles. The first-order chi connectivity index (χ1) is 6.99. The molecule has 0 amide bonds. The van der Waals surface area contributed by atoms with Crippen molar-refractivity contribution in [2.24, 2.45) is 11.8 Å². The molecule has 0 nitrogen and oxygen atoms in total. The first kappa shape index (κ1) is 13.0. The van der Waals surface area contributed by atoms with Crippen LogP contribution in [0.4, 0.5) is 4.39 Å². The zero-order chi connectivity index (χ0) is 11.3. The van der Waals surface area contributed by atoms with Crippen molar-refractivity contribution in [1.82, 2.24) is 0 Å². The van der Waals surface area contributed by atoms with Crippen molar-refractivity contribution in [3.8, 4) is 0 Å². The Kier molecular flexibility index (Phi) is 5.08. The van der Waals surface area contributed by atoms with E-state index in [1.807, 2.05) is 0 Å². The van der Waals surface area contributed by atoms with Crippen molar-refractivity contribution in [3.05, 3.63) is 0 Å². The largest absolute Gasteiger partial charge is 0.244 e. The summed E-state index contributed by atoms with van der Waals surface area (Å²) in [5.74, 6) is 1.66. The van der Waals surface area contributed by atoms with E-state index in [2.05, 4.69) is 13.8 Å². The molecule has 0 radical (unpaired) electrons. The molecule has 0 N–H and O–H groups in total. The molecule has 0 saturated heterocycles. The summed E-state index contributed by atoms with van der Waals surface area (Å²) < 4.78 is 13.5. The van der Waals surface area contributed by atoms with Crippen molar-refractivity contribution in [2.75, 3.05) is 0 Å². The highest BCUT2D eigenvalue weighted by Crippen LogP contribution is 2.36. The van der Waals surface area contributed by atoms with E-state index in [1.165, 1.54) is 25.7 Å². The molecule has 1 heteroatoms. The molecule has 0 bridgehead atoms. The summed E-state index contributed by atoms with van der Waals surface area (Å²) in [6, 6.07) is 0. The fourth-order valence-corrected chi connectivity index (χ4v) is 2.55. The first-order valence-corrected chi connectivity index (χ1v) is 6.68. The van der Waals surface area contributed by atoms with Crippen LogP contribution in [0.3, 0.4) is 0 Å². The molecular formula is C14H27F. The van der Waals surface area contributed by atoms with Crippen LogP contribution in [0.5, 0.6) is 0 Å². The molecule has 0 aliphatic heterocycles. The van der Waals surface area contributed by atoms with E-state index in [0.717, 1.165) is 37.5 Å². The quantitative estimate of drug-likeness (QED) is 0.557. The minimum atomic E-state index is -0.853. The van der Waals surface area contributed by atoms with Crippen molar-refractivity contribution in [1.29, 1.82) is 0 Å². The van der Waals surface area contributed by atoms with Gasteiger partial charge < -0.3 is 0 Å². The highest BCUT2D eigenvalue weighted by Gasteiger charge is 2.29. The van der Waals surface area contributed by atoms with Crippen LogP contribution < -0.4 is 0 Å². The van der Waals surface area contributed by atoms with E-state index >= 15 is 0 Å². The Morgan fingerprint density at radius 1 is 1.20 bits per heavy atom. The monoisotopic (exact) mass is 214 g/mol. The molecule has 0 heterocycles. The molecule has 0 spiro atoms. The first-order valence-electron chi connectivity index (χ1n) is 6.68. The third-order valence-electron chi connectivity index (χ3n) is 3.79. The Labute approximate surface area is 94.6 Å². The van der Waals surface area contributed by atoms with Gasteiger partial charge in [0.05, 0.1) is 0 Å². The van der Waals surface area contributed by atoms with Gasteiger partial charge in [0, 0.05) is 0 Å². The summed E-state index contributed by atoms with van der Waals surface area (Å²) in [5.41, 5.74) is -0.853. The topological polar surface area (TPSA) is 0 Å². The van der Waals surface area contributed by atoms with Crippen LogP contribution in [0, 0.1) is 11.8 Å². The van der Waals surface area contributed by atoms with E-state index < -0.39 is 5.67 Å². The number of alkyl halides is 1. The molecule has 1 fully saturated rings. The third-order valence-corrected chi connectivity index (χ3v) is 3.79. The van der Waals surface area contributed by atoms with Crippen LogP contribution in [0.2, 0.25) is 0 Å². The average Bonchev–Trinajstić information content (AvgIpc) is 2.14. The van der Waals surface area contributed by atoms with Gasteiger partial charge in [0.15, 0.2) is 0 Å². The fourth-order valence-electron chi connectivity index (χ4n) is 2.55. The number of hydrogen-bond acceptors (Lipinski definition) is 0. The maximum absolute atomic E-state index is 13.5. The van der Waals surface area contributed by atoms with Crippen LogP contribution >= 0.6 is 0 Å². The van der Waals surface area contributed by atoms with Crippen LogP contribution in [0.1, 0.15) is 72.1 Å². The molecule has 90 valence electrons. The number of halogens is 1. The molecule has 0 aromatic rings. The van der Waals surface area contributed by atoms with Gasteiger partial charge in [-0.05, 0) is 44.4 Å². The lowest BCUT2D eigenvalue weighted by Crippen LogP contribution is -2.25. The smallest absolute Gasteiger partial charge is 0.108 e. The second-order valence-corrected chi connectivity index (χ2v) is 6.04. The Bertz CT molecular complexity index is 162. The van der Waals surface area contributed by atoms with Gasteiger partial charge in [-0.3, -0.25) is 0 Å². The number of hydrogen-bond donors (Lipinski definition) is 0. The standard InChI is InChI=1S/C14H27F/c1-12(2)6-4-5-7-13-8-10-14(3,15)11-9-13/h12-13H,4-11H2,1-3H3. The maximum atomic E-state index is 13.5. The fraction of sp³-hybridized carbons (Fsp3) is 1.00. The van der Waals surface area contributed by atoms with Gasteiger partial charge in [0.1, 0.15) is 5.67 Å². The summed E-state index contributed by atoms with van der Waals surface area (Å²) in [6.07, 6.45) is 9.23. The molecule has 1 aliphatic rings. The Hall–Kier alpha value is -0.0700. The molecular weight excluding hydrogens is 187 g/mol. The Morgan fingerprint density at radius 3 is 2.33 bits per heavy atom. The summed E-state index contributed by atoms with van der Waals surface area (Å²) in [4.78, 5) is 0. The summed E-state index contributed by atoms with van der Waals surface area (Å²) in [7, 11) is 0. The summed E-state index contributed by atoms with van der Waals surface area (Å²) in [5, 5.41) is 0. The minimum absolute atomic E-state index is 0.793. The summed E-state index contributed by atoms with van der Waals surface area (Å²) >= 11 is 0. The highest BCUT2D eigenvalue weighted by molar-refractivity contribution is 4.81. The van der Waals surface area contributed by atoms with Crippen molar-refractivity contribution in [3.63, 3.8) is 0 Å². The SMILES string of the molecule is CC(C)CCCCC1CCC(C)(F)CC1. The second-order valence-electron chi connectivity index (χ2n) is 6.04. The van der Waals surface area contributed by atoms with E-state index in [4.69, 9.17) is 0 Å². The Balaban J connectivity index is 2.04. The average molecular weight is 214 g/mol. The predicted molar refractivity (Wildman–Crippen MR) is 64.8 cm³/mol. The van der Waals surface area contributed by atoms with Gasteiger partial charge in [-0.15, -0.1) is 0 Å². The van der Waals surface area contributed by atoms with Gasteiger partial charge in [0.2, 0.25) is 0 Å². The maximum Gasteiger partial charge on any atom is 0.108 e. The molecule has 1 rings (SSSR count). The second kappa shape index (κ2) is 5.86. The Morgan fingerprint density at radius 2 is 1.80 bits per heavy atom. The van der Waals surface area contributed by atoms with Crippen LogP contribution in [-0.4, -0.2) is 5.67 Å². The predicted octanol–water partition coefficient (Wildman–Crippen LogP) is 5.12. The van der Waals surface area contributed by atoms with Gasteiger partial charge >= 0.3 is 0 Å². The van der Waals surface area contributed by atoms with Crippen molar-refractivity contribution in [2.45, 2.75) is 77.8 Å². The van der Waals surface area contributed by atoms with Gasteiger partial charge in [-0.25, -0.2) is 4.39 Å². The van der Waals surface area contributed by atoms with Crippen molar-refractivity contribution >= 4 is 0 Å². The lowest BCUT2D eigenvalue weighted by molar-refractivity contribution is 0.0998. The van der Waals surface area contributed by atoms with Gasteiger partial charge in [0.25, 0.3) is 0 Å². The van der Waals surface area contributed by atoms with Gasteiger partial charge in [-0.1, -0.05) is 39.5 Å². The molecule has 0 atom stereocenters. The number of rotatable bonds is 5. The van der Waals surface area contributed by atoms with Crippen molar-refractivity contribution < 1.29 is 4.39 Å². The normalized spacial score (nSPS) is 32.2. The lowest BCUT2D eigenvalue weighted by atomic mass is 9.79.